The summed E-state index contributed by atoms with van der Waals surface area (Å²) in [5.74, 6) is 0.660. The van der Waals surface area contributed by atoms with Gasteiger partial charge in [-0.15, -0.1) is 0 Å². The van der Waals surface area contributed by atoms with Crippen molar-refractivity contribution >= 4 is 21.8 Å². The number of ether oxygens (including phenoxy) is 1. The second-order valence-corrected chi connectivity index (χ2v) is 4.64. The molecule has 0 atom stereocenters. The molecule has 2 aromatic carbocycles. The number of hydrogen-bond acceptors (Lipinski definition) is 1. The van der Waals surface area contributed by atoms with Gasteiger partial charge in [-0.05, 0) is 24.3 Å². The number of rotatable bonds is 1. The van der Waals surface area contributed by atoms with Crippen LogP contribution in [-0.2, 0) is 13.2 Å². The maximum Gasteiger partial charge on any atom is 0.416 e. The van der Waals surface area contributed by atoms with Crippen LogP contribution in [0.3, 0.4) is 0 Å². The molecule has 104 valence electrons. The molecule has 0 unspecified atom stereocenters. The number of methoxy groups -OCH3 is 1. The van der Waals surface area contributed by atoms with Gasteiger partial charge in [0.2, 0.25) is 0 Å². The topological polar surface area (TPSA) is 14.2 Å². The van der Waals surface area contributed by atoms with Gasteiger partial charge in [-0.3, -0.25) is 0 Å². The van der Waals surface area contributed by atoms with Gasteiger partial charge in [0.15, 0.2) is 0 Å². The molecule has 0 amide bonds. The predicted octanol–water partition coefficient (Wildman–Crippen LogP) is 4.36. The number of aromatic nitrogens is 1. The van der Waals surface area contributed by atoms with Gasteiger partial charge in [0.1, 0.15) is 5.75 Å². The molecule has 0 saturated heterocycles. The van der Waals surface area contributed by atoms with Crippen molar-refractivity contribution in [2.45, 2.75) is 6.18 Å². The van der Waals surface area contributed by atoms with Crippen LogP contribution in [-0.4, -0.2) is 11.7 Å². The van der Waals surface area contributed by atoms with Gasteiger partial charge in [0.25, 0.3) is 0 Å². The van der Waals surface area contributed by atoms with Gasteiger partial charge in [-0.1, -0.05) is 12.1 Å². The summed E-state index contributed by atoms with van der Waals surface area (Å²) in [5.41, 5.74) is 0.743. The summed E-state index contributed by atoms with van der Waals surface area (Å²) in [7, 11) is 3.31. The molecule has 1 heterocycles. The number of aryl methyl sites for hydroxylation is 1. The lowest BCUT2D eigenvalue weighted by molar-refractivity contribution is -0.137. The molecule has 0 aliphatic rings. The van der Waals surface area contributed by atoms with Gasteiger partial charge in [-0.2, -0.15) is 13.2 Å². The molecular formula is C15H12F3NO. The van der Waals surface area contributed by atoms with Gasteiger partial charge < -0.3 is 9.30 Å². The minimum Gasteiger partial charge on any atom is -0.496 e. The van der Waals surface area contributed by atoms with E-state index in [0.717, 1.165) is 22.4 Å². The first kappa shape index (κ1) is 12.8. The number of halogens is 3. The van der Waals surface area contributed by atoms with Crippen molar-refractivity contribution in [1.29, 1.82) is 0 Å². The van der Waals surface area contributed by atoms with E-state index in [1.54, 1.807) is 24.8 Å². The van der Waals surface area contributed by atoms with Crippen LogP contribution >= 0.6 is 0 Å². The van der Waals surface area contributed by atoms with Crippen LogP contribution in [0.15, 0.2) is 36.4 Å². The average Bonchev–Trinajstić information content (AvgIpc) is 2.71. The molecule has 0 spiro atoms. The molecule has 0 aliphatic heterocycles. The normalized spacial score (nSPS) is 12.2. The maximum absolute atomic E-state index is 12.8. The fourth-order valence-electron chi connectivity index (χ4n) is 2.57. The van der Waals surface area contributed by atoms with Crippen molar-refractivity contribution in [3.05, 3.63) is 42.0 Å². The van der Waals surface area contributed by atoms with E-state index < -0.39 is 11.7 Å². The van der Waals surface area contributed by atoms with E-state index in [0.29, 0.717) is 11.3 Å². The molecular weight excluding hydrogens is 267 g/mol. The van der Waals surface area contributed by atoms with E-state index in [2.05, 4.69) is 0 Å². The van der Waals surface area contributed by atoms with Crippen LogP contribution in [0.25, 0.3) is 21.8 Å². The zero-order valence-corrected chi connectivity index (χ0v) is 11.0. The number of benzene rings is 2. The Morgan fingerprint density at radius 2 is 1.80 bits per heavy atom. The third-order valence-corrected chi connectivity index (χ3v) is 3.54. The summed E-state index contributed by atoms with van der Waals surface area (Å²) in [6, 6.07) is 9.28. The molecule has 2 nitrogen and oxygen atoms in total. The van der Waals surface area contributed by atoms with E-state index >= 15 is 0 Å². The largest absolute Gasteiger partial charge is 0.496 e. The molecule has 1 aromatic heterocycles. The Hall–Kier alpha value is -2.17. The summed E-state index contributed by atoms with van der Waals surface area (Å²) in [6.45, 7) is 0. The SMILES string of the molecule is COc1cccc2c1c1ccc(C(F)(F)F)cc1n2C. The molecule has 20 heavy (non-hydrogen) atoms. The van der Waals surface area contributed by atoms with E-state index in [9.17, 15) is 13.2 Å². The molecule has 0 N–H and O–H groups in total. The Balaban J connectivity index is 2.44. The lowest BCUT2D eigenvalue weighted by Gasteiger charge is -2.07. The number of nitrogens with zero attached hydrogens (tertiary/aromatic N) is 1. The summed E-state index contributed by atoms with van der Waals surface area (Å²) >= 11 is 0. The second-order valence-electron chi connectivity index (χ2n) is 4.64. The van der Waals surface area contributed by atoms with Crippen LogP contribution in [0, 0.1) is 0 Å². The lowest BCUT2D eigenvalue weighted by Crippen LogP contribution is -2.04. The minimum absolute atomic E-state index is 0.541. The van der Waals surface area contributed by atoms with Crippen molar-refractivity contribution in [2.75, 3.05) is 7.11 Å². The summed E-state index contributed by atoms with van der Waals surface area (Å²) < 4.78 is 45.5. The summed E-state index contributed by atoms with van der Waals surface area (Å²) in [5, 5.41) is 1.59. The third kappa shape index (κ3) is 1.73. The Kier molecular flexibility index (Phi) is 2.67. The third-order valence-electron chi connectivity index (χ3n) is 3.54. The molecule has 3 rings (SSSR count). The van der Waals surface area contributed by atoms with Crippen molar-refractivity contribution < 1.29 is 17.9 Å². The molecule has 5 heteroatoms. The number of fused-ring (bicyclic) bond motifs is 3. The van der Waals surface area contributed by atoms with E-state index in [1.807, 2.05) is 12.1 Å². The molecule has 0 aliphatic carbocycles. The van der Waals surface area contributed by atoms with Crippen LogP contribution in [0.4, 0.5) is 13.2 Å². The highest BCUT2D eigenvalue weighted by molar-refractivity contribution is 6.11. The molecule has 0 fully saturated rings. The Labute approximate surface area is 113 Å². The van der Waals surface area contributed by atoms with Crippen LogP contribution in [0.5, 0.6) is 5.75 Å². The highest BCUT2D eigenvalue weighted by Crippen LogP contribution is 2.38. The van der Waals surface area contributed by atoms with Gasteiger partial charge in [0.05, 0.1) is 18.2 Å². The van der Waals surface area contributed by atoms with E-state index in [-0.39, 0.29) is 0 Å². The van der Waals surface area contributed by atoms with E-state index in [4.69, 9.17) is 4.74 Å². The standard InChI is InChI=1S/C15H12F3NO/c1-19-11-4-3-5-13(20-2)14(11)10-7-6-9(8-12(10)19)15(16,17)18/h3-8H,1-2H3. The van der Waals surface area contributed by atoms with Crippen molar-refractivity contribution in [1.82, 2.24) is 4.57 Å². The number of hydrogen-bond donors (Lipinski definition) is 0. The highest BCUT2D eigenvalue weighted by Gasteiger charge is 2.31. The van der Waals surface area contributed by atoms with Gasteiger partial charge >= 0.3 is 6.18 Å². The number of alkyl halides is 3. The summed E-state index contributed by atoms with van der Waals surface area (Å²) in [4.78, 5) is 0. The molecule has 0 radical (unpaired) electrons. The smallest absolute Gasteiger partial charge is 0.416 e. The van der Waals surface area contributed by atoms with Crippen molar-refractivity contribution in [3.8, 4) is 5.75 Å². The minimum atomic E-state index is -4.34. The first-order valence-corrected chi connectivity index (χ1v) is 6.06. The van der Waals surface area contributed by atoms with Crippen molar-refractivity contribution in [3.63, 3.8) is 0 Å². The highest BCUT2D eigenvalue weighted by atomic mass is 19.4. The van der Waals surface area contributed by atoms with Crippen LogP contribution < -0.4 is 4.74 Å². The van der Waals surface area contributed by atoms with Crippen molar-refractivity contribution in [2.24, 2.45) is 7.05 Å². The van der Waals surface area contributed by atoms with E-state index in [1.165, 1.54) is 12.1 Å². The Morgan fingerprint density at radius 1 is 1.05 bits per heavy atom. The zero-order valence-electron chi connectivity index (χ0n) is 11.0. The molecule has 3 aromatic rings. The zero-order chi connectivity index (χ0) is 14.5. The quantitative estimate of drug-likeness (QED) is 0.645. The van der Waals surface area contributed by atoms with Gasteiger partial charge in [0, 0.05) is 23.3 Å². The maximum atomic E-state index is 12.8. The first-order valence-electron chi connectivity index (χ1n) is 6.06. The second kappa shape index (κ2) is 4.16. The fraction of sp³-hybridized carbons (Fsp3) is 0.200. The monoisotopic (exact) mass is 279 g/mol. The lowest BCUT2D eigenvalue weighted by atomic mass is 10.1. The van der Waals surface area contributed by atoms with Gasteiger partial charge in [-0.25, -0.2) is 0 Å². The van der Waals surface area contributed by atoms with Crippen LogP contribution in [0.2, 0.25) is 0 Å². The molecule has 0 saturated carbocycles. The Morgan fingerprint density at radius 3 is 2.45 bits per heavy atom. The molecule has 0 bridgehead atoms. The van der Waals surface area contributed by atoms with Crippen LogP contribution in [0.1, 0.15) is 5.56 Å². The Bertz CT molecular complexity index is 802. The summed E-state index contributed by atoms with van der Waals surface area (Å²) in [6.07, 6.45) is -4.34. The average molecular weight is 279 g/mol. The fourth-order valence-corrected chi connectivity index (χ4v) is 2.57. The predicted molar refractivity (Wildman–Crippen MR) is 72.0 cm³/mol. The first-order chi connectivity index (χ1) is 9.43.